The molecule has 1 heterocycles. The quantitative estimate of drug-likeness (QED) is 0.514. The molecule has 1 aromatic carbocycles. The van der Waals surface area contributed by atoms with Crippen molar-refractivity contribution in [3.8, 4) is 11.5 Å². The summed E-state index contributed by atoms with van der Waals surface area (Å²) in [6.45, 7) is 3.90. The van der Waals surface area contributed by atoms with Crippen LogP contribution in [-0.2, 0) is 28.8 Å². The van der Waals surface area contributed by atoms with Crippen LogP contribution in [-0.4, -0.2) is 47.6 Å². The largest absolute Gasteiger partial charge is 0.496 e. The number of ether oxygens (including phenoxy) is 3. The number of aliphatic carboxylic acids is 1. The van der Waals surface area contributed by atoms with Crippen molar-refractivity contribution in [1.82, 2.24) is 4.98 Å². The molecule has 0 bridgehead atoms. The monoisotopic (exact) mass is 463 g/mol. The molecule has 2 aromatic rings. The van der Waals surface area contributed by atoms with E-state index in [1.165, 1.54) is 11.3 Å². The average Bonchev–Trinajstić information content (AvgIpc) is 3.42. The molecule has 1 aliphatic rings. The van der Waals surface area contributed by atoms with Crippen molar-refractivity contribution in [3.05, 3.63) is 38.8 Å². The summed E-state index contributed by atoms with van der Waals surface area (Å²) in [5.74, 6) is 0.391. The lowest BCUT2D eigenvalue weighted by atomic mass is 9.99. The Morgan fingerprint density at radius 1 is 1.22 bits per heavy atom. The molecule has 2 N–H and O–H groups in total. The first kappa shape index (κ1) is 24.5. The van der Waals surface area contributed by atoms with Gasteiger partial charge in [-0.3, -0.25) is 4.79 Å². The van der Waals surface area contributed by atoms with Gasteiger partial charge in [0.1, 0.15) is 17.6 Å². The normalized spacial score (nSPS) is 16.2. The van der Waals surface area contributed by atoms with Gasteiger partial charge in [-0.25, -0.2) is 4.98 Å². The van der Waals surface area contributed by atoms with Crippen molar-refractivity contribution < 1.29 is 29.2 Å². The van der Waals surface area contributed by atoms with Gasteiger partial charge in [0.25, 0.3) is 0 Å². The number of carbonyl (C=O) groups is 1. The second-order valence-corrected chi connectivity index (χ2v) is 9.35. The number of aliphatic hydroxyl groups excluding tert-OH is 1. The number of carboxylic acid groups (broad SMARTS) is 1. The minimum Gasteiger partial charge on any atom is -0.496 e. The fourth-order valence-corrected chi connectivity index (χ4v) is 5.32. The first-order valence-electron chi connectivity index (χ1n) is 11.1. The number of hydrogen-bond donors (Lipinski definition) is 2. The topological polar surface area (TPSA) is 98.1 Å². The van der Waals surface area contributed by atoms with Gasteiger partial charge in [-0.05, 0) is 43.9 Å². The second-order valence-electron chi connectivity index (χ2n) is 8.18. The molecule has 32 heavy (non-hydrogen) atoms. The van der Waals surface area contributed by atoms with Gasteiger partial charge in [-0.15, -0.1) is 11.3 Å². The maximum absolute atomic E-state index is 11.4. The zero-order chi connectivity index (χ0) is 23.3. The van der Waals surface area contributed by atoms with Gasteiger partial charge in [0.05, 0.1) is 43.5 Å². The van der Waals surface area contributed by atoms with E-state index in [-0.39, 0.29) is 12.5 Å². The lowest BCUT2D eigenvalue weighted by Gasteiger charge is -2.27. The van der Waals surface area contributed by atoms with Crippen LogP contribution in [0, 0.1) is 6.92 Å². The van der Waals surface area contributed by atoms with Crippen LogP contribution in [0.15, 0.2) is 12.1 Å². The SMILES string of the molecule is CCc1sc(CC(OC2CCCC2)C(O)c2cc(OC)c(C)c(OC)c2)nc1CC(=O)O. The summed E-state index contributed by atoms with van der Waals surface area (Å²) in [6, 6.07) is 3.64. The minimum atomic E-state index is -0.907. The molecular weight excluding hydrogens is 430 g/mol. The van der Waals surface area contributed by atoms with Gasteiger partial charge in [0, 0.05) is 16.9 Å². The Morgan fingerprint density at radius 2 is 1.84 bits per heavy atom. The van der Waals surface area contributed by atoms with Crippen LogP contribution in [0.2, 0.25) is 0 Å². The average molecular weight is 464 g/mol. The third kappa shape index (κ3) is 5.79. The van der Waals surface area contributed by atoms with Crippen molar-refractivity contribution >= 4 is 17.3 Å². The number of nitrogens with zero attached hydrogens (tertiary/aromatic N) is 1. The Labute approximate surface area is 193 Å². The smallest absolute Gasteiger partial charge is 0.309 e. The minimum absolute atomic E-state index is 0.0945. The number of rotatable bonds is 11. The molecule has 0 aliphatic heterocycles. The number of aromatic nitrogens is 1. The zero-order valence-electron chi connectivity index (χ0n) is 19.2. The summed E-state index contributed by atoms with van der Waals surface area (Å²) in [5.41, 5.74) is 2.13. The van der Waals surface area contributed by atoms with Gasteiger partial charge in [-0.2, -0.15) is 0 Å². The van der Waals surface area contributed by atoms with E-state index in [4.69, 9.17) is 14.2 Å². The number of methoxy groups -OCH3 is 2. The molecule has 8 heteroatoms. The lowest BCUT2D eigenvalue weighted by molar-refractivity contribution is -0.136. The number of hydrogen-bond acceptors (Lipinski definition) is 7. The van der Waals surface area contributed by atoms with E-state index in [0.717, 1.165) is 47.6 Å². The Bertz CT molecular complexity index is 896. The van der Waals surface area contributed by atoms with Crippen LogP contribution in [0.3, 0.4) is 0 Å². The van der Waals surface area contributed by atoms with Crippen LogP contribution in [0.5, 0.6) is 11.5 Å². The van der Waals surface area contributed by atoms with Crippen LogP contribution < -0.4 is 9.47 Å². The molecule has 0 radical (unpaired) electrons. The van der Waals surface area contributed by atoms with Crippen LogP contribution in [0.25, 0.3) is 0 Å². The van der Waals surface area contributed by atoms with Crippen molar-refractivity contribution in [3.63, 3.8) is 0 Å². The zero-order valence-corrected chi connectivity index (χ0v) is 20.0. The van der Waals surface area contributed by atoms with E-state index in [2.05, 4.69) is 4.98 Å². The van der Waals surface area contributed by atoms with Crippen molar-refractivity contribution in [1.29, 1.82) is 0 Å². The van der Waals surface area contributed by atoms with E-state index in [1.807, 2.05) is 26.0 Å². The molecule has 1 saturated carbocycles. The Hall–Kier alpha value is -2.16. The molecular formula is C24H33NO6S. The fourth-order valence-electron chi connectivity index (χ4n) is 4.25. The molecule has 7 nitrogen and oxygen atoms in total. The van der Waals surface area contributed by atoms with Gasteiger partial charge < -0.3 is 24.4 Å². The van der Waals surface area contributed by atoms with Crippen molar-refractivity contribution in [2.24, 2.45) is 0 Å². The maximum Gasteiger partial charge on any atom is 0.309 e. The van der Waals surface area contributed by atoms with Crippen LogP contribution >= 0.6 is 11.3 Å². The standard InChI is InChI=1S/C24H33NO6S/c1-5-21-17(12-23(26)27)25-22(32-21)13-20(31-16-8-6-7-9-16)24(28)15-10-18(29-3)14(2)19(11-15)30-4/h10-11,16,20,24,28H,5-9,12-13H2,1-4H3,(H,26,27). The molecule has 0 amide bonds. The summed E-state index contributed by atoms with van der Waals surface area (Å²) in [6.07, 6.45) is 3.93. The van der Waals surface area contributed by atoms with E-state index < -0.39 is 18.2 Å². The van der Waals surface area contributed by atoms with E-state index in [1.54, 1.807) is 14.2 Å². The van der Waals surface area contributed by atoms with Gasteiger partial charge >= 0.3 is 5.97 Å². The first-order chi connectivity index (χ1) is 15.4. The number of benzene rings is 1. The molecule has 1 aromatic heterocycles. The number of thiazole rings is 1. The molecule has 0 spiro atoms. The summed E-state index contributed by atoms with van der Waals surface area (Å²) >= 11 is 1.50. The molecule has 176 valence electrons. The molecule has 2 unspecified atom stereocenters. The predicted molar refractivity (Wildman–Crippen MR) is 123 cm³/mol. The second kappa shape index (κ2) is 11.1. The van der Waals surface area contributed by atoms with Crippen LogP contribution in [0.4, 0.5) is 0 Å². The highest BCUT2D eigenvalue weighted by molar-refractivity contribution is 7.11. The highest BCUT2D eigenvalue weighted by Crippen LogP contribution is 2.36. The molecule has 1 aliphatic carbocycles. The Balaban J connectivity index is 1.91. The maximum atomic E-state index is 11.4. The number of carboxylic acids is 1. The number of aliphatic hydroxyl groups is 1. The van der Waals surface area contributed by atoms with Crippen molar-refractivity contribution in [2.45, 2.75) is 77.1 Å². The van der Waals surface area contributed by atoms with Gasteiger partial charge in [0.2, 0.25) is 0 Å². The van der Waals surface area contributed by atoms with Crippen molar-refractivity contribution in [2.75, 3.05) is 14.2 Å². The molecule has 1 fully saturated rings. The molecule has 0 saturated heterocycles. The Kier molecular flexibility index (Phi) is 8.51. The predicted octanol–water partition coefficient (Wildman–Crippen LogP) is 4.26. The number of aryl methyl sites for hydroxylation is 1. The summed E-state index contributed by atoms with van der Waals surface area (Å²) in [5, 5.41) is 21.3. The molecule has 3 rings (SSSR count). The first-order valence-corrected chi connectivity index (χ1v) is 11.9. The van der Waals surface area contributed by atoms with E-state index >= 15 is 0 Å². The third-order valence-electron chi connectivity index (χ3n) is 5.98. The van der Waals surface area contributed by atoms with Gasteiger partial charge in [0.15, 0.2) is 0 Å². The molecule has 2 atom stereocenters. The summed E-state index contributed by atoms with van der Waals surface area (Å²) in [7, 11) is 3.19. The highest BCUT2D eigenvalue weighted by Gasteiger charge is 2.30. The fraction of sp³-hybridized carbons (Fsp3) is 0.583. The van der Waals surface area contributed by atoms with E-state index in [0.29, 0.717) is 29.2 Å². The van der Waals surface area contributed by atoms with Gasteiger partial charge in [-0.1, -0.05) is 19.8 Å². The van der Waals surface area contributed by atoms with Crippen LogP contribution in [0.1, 0.15) is 65.4 Å². The summed E-state index contributed by atoms with van der Waals surface area (Å²) < 4.78 is 17.4. The Morgan fingerprint density at radius 3 is 2.38 bits per heavy atom. The lowest BCUT2D eigenvalue weighted by Crippen LogP contribution is -2.29. The summed E-state index contributed by atoms with van der Waals surface area (Å²) in [4.78, 5) is 16.8. The highest BCUT2D eigenvalue weighted by atomic mass is 32.1. The van der Waals surface area contributed by atoms with E-state index in [9.17, 15) is 15.0 Å². The third-order valence-corrected chi connectivity index (χ3v) is 7.24.